The molecule has 1 N–H and O–H groups in total. The molecule has 1 spiro atoms. The summed E-state index contributed by atoms with van der Waals surface area (Å²) in [7, 11) is 0. The largest absolute Gasteiger partial charge is 0.393 e. The molecule has 2 atom stereocenters. The Bertz CT molecular complexity index is 991. The van der Waals surface area contributed by atoms with Crippen LogP contribution in [0, 0.1) is 5.92 Å². The van der Waals surface area contributed by atoms with E-state index in [0.29, 0.717) is 18.9 Å². The lowest BCUT2D eigenvalue weighted by atomic mass is 9.78. The number of halogens is 3. The van der Waals surface area contributed by atoms with Gasteiger partial charge in [-0.05, 0) is 36.8 Å². The number of aromatic nitrogens is 2. The highest BCUT2D eigenvalue weighted by Crippen LogP contribution is 2.39. The predicted molar refractivity (Wildman–Crippen MR) is 110 cm³/mol. The number of nitrogens with zero attached hydrogens (tertiary/aromatic N) is 3. The van der Waals surface area contributed by atoms with Crippen molar-refractivity contribution in [2.45, 2.75) is 63.3 Å². The van der Waals surface area contributed by atoms with Gasteiger partial charge in [-0.25, -0.2) is 4.98 Å². The SMILES string of the molecule is CC1CC(C(F)(F)F)Cn2cc(C(=O)N3CCC4(CC3)Cc3ccccc3CN4)nc21. The first-order valence-corrected chi connectivity index (χ1v) is 11.0. The molecule has 5 rings (SSSR count). The Balaban J connectivity index is 1.27. The van der Waals surface area contributed by atoms with E-state index in [4.69, 9.17) is 0 Å². The number of carbonyl (C=O) groups is 1. The Morgan fingerprint density at radius 1 is 1.19 bits per heavy atom. The molecule has 1 saturated heterocycles. The molecule has 3 aliphatic heterocycles. The van der Waals surface area contributed by atoms with E-state index in [1.54, 1.807) is 11.8 Å². The van der Waals surface area contributed by atoms with Crippen molar-refractivity contribution in [2.24, 2.45) is 5.92 Å². The summed E-state index contributed by atoms with van der Waals surface area (Å²) in [4.78, 5) is 19.3. The molecule has 0 radical (unpaired) electrons. The first kappa shape index (κ1) is 20.5. The quantitative estimate of drug-likeness (QED) is 0.744. The second-order valence-electron chi connectivity index (χ2n) is 9.38. The van der Waals surface area contributed by atoms with Crippen molar-refractivity contribution in [3.8, 4) is 0 Å². The maximum Gasteiger partial charge on any atom is 0.393 e. The number of fused-ring (bicyclic) bond motifs is 2. The minimum absolute atomic E-state index is 0.00696. The smallest absolute Gasteiger partial charge is 0.337 e. The molecule has 2 unspecified atom stereocenters. The first-order valence-electron chi connectivity index (χ1n) is 11.0. The van der Waals surface area contributed by atoms with E-state index >= 15 is 0 Å². The van der Waals surface area contributed by atoms with Gasteiger partial charge in [-0.1, -0.05) is 31.2 Å². The van der Waals surface area contributed by atoms with Crippen LogP contribution in [-0.4, -0.2) is 45.2 Å². The molecule has 5 nitrogen and oxygen atoms in total. The van der Waals surface area contributed by atoms with Crippen LogP contribution < -0.4 is 5.32 Å². The van der Waals surface area contributed by atoms with Crippen molar-refractivity contribution < 1.29 is 18.0 Å². The second-order valence-corrected chi connectivity index (χ2v) is 9.38. The van der Waals surface area contributed by atoms with Crippen LogP contribution in [0.5, 0.6) is 0 Å². The molecule has 1 aromatic carbocycles. The van der Waals surface area contributed by atoms with Gasteiger partial charge in [0.25, 0.3) is 5.91 Å². The molecule has 1 aromatic heterocycles. The number of nitrogens with one attached hydrogen (secondary N) is 1. The minimum atomic E-state index is -4.23. The fourth-order valence-corrected chi connectivity index (χ4v) is 5.42. The van der Waals surface area contributed by atoms with Crippen LogP contribution in [0.15, 0.2) is 30.5 Å². The minimum Gasteiger partial charge on any atom is -0.337 e. The summed E-state index contributed by atoms with van der Waals surface area (Å²) in [6.45, 7) is 3.68. The van der Waals surface area contributed by atoms with Crippen LogP contribution in [0.2, 0.25) is 0 Å². The number of likely N-dealkylation sites (tertiary alicyclic amines) is 1. The molecule has 4 heterocycles. The zero-order valence-electron chi connectivity index (χ0n) is 17.6. The fourth-order valence-electron chi connectivity index (χ4n) is 5.42. The van der Waals surface area contributed by atoms with Gasteiger partial charge in [-0.3, -0.25) is 4.79 Å². The summed E-state index contributed by atoms with van der Waals surface area (Å²) < 4.78 is 41.2. The van der Waals surface area contributed by atoms with E-state index in [1.165, 1.54) is 21.9 Å². The van der Waals surface area contributed by atoms with Gasteiger partial charge >= 0.3 is 6.18 Å². The standard InChI is InChI=1S/C23H27F3N4O/c1-15-10-18(23(24,25)26)13-30-14-19(28-20(15)30)21(31)29-8-6-22(7-9-29)11-16-4-2-3-5-17(16)12-27-22/h2-5,14-15,18,27H,6-13H2,1H3. The van der Waals surface area contributed by atoms with E-state index in [2.05, 4.69) is 34.6 Å². The van der Waals surface area contributed by atoms with E-state index in [9.17, 15) is 18.0 Å². The molecule has 0 saturated carbocycles. The Morgan fingerprint density at radius 2 is 1.90 bits per heavy atom. The molecule has 0 aliphatic carbocycles. The summed E-state index contributed by atoms with van der Waals surface area (Å²) >= 11 is 0. The summed E-state index contributed by atoms with van der Waals surface area (Å²) in [5, 5.41) is 3.69. The molecule has 3 aliphatic rings. The number of hydrogen-bond acceptors (Lipinski definition) is 3. The summed E-state index contributed by atoms with van der Waals surface area (Å²) in [5.74, 6) is -1.30. The topological polar surface area (TPSA) is 50.2 Å². The van der Waals surface area contributed by atoms with E-state index in [0.717, 1.165) is 25.8 Å². The molecule has 0 bridgehead atoms. The van der Waals surface area contributed by atoms with Crippen molar-refractivity contribution in [1.29, 1.82) is 0 Å². The van der Waals surface area contributed by atoms with E-state index in [-0.39, 0.29) is 36.0 Å². The van der Waals surface area contributed by atoms with Gasteiger partial charge in [0, 0.05) is 43.8 Å². The lowest BCUT2D eigenvalue weighted by Gasteiger charge is -2.45. The van der Waals surface area contributed by atoms with Crippen LogP contribution in [0.3, 0.4) is 0 Å². The second kappa shape index (κ2) is 7.36. The van der Waals surface area contributed by atoms with Gasteiger partial charge in [0.2, 0.25) is 0 Å². The first-order chi connectivity index (χ1) is 14.7. The number of hydrogen-bond donors (Lipinski definition) is 1. The summed E-state index contributed by atoms with van der Waals surface area (Å²) in [5.41, 5.74) is 2.98. The molecule has 1 amide bonds. The van der Waals surface area contributed by atoms with Gasteiger partial charge in [-0.2, -0.15) is 13.2 Å². The Kier molecular flexibility index (Phi) is 4.88. The summed E-state index contributed by atoms with van der Waals surface area (Å²) in [6, 6.07) is 8.46. The van der Waals surface area contributed by atoms with E-state index in [1.807, 2.05) is 0 Å². The highest BCUT2D eigenvalue weighted by Gasteiger charge is 2.44. The molecule has 8 heteroatoms. The zero-order valence-corrected chi connectivity index (χ0v) is 17.6. The Hall–Kier alpha value is -2.35. The van der Waals surface area contributed by atoms with Crippen molar-refractivity contribution >= 4 is 5.91 Å². The lowest BCUT2D eigenvalue weighted by Crippen LogP contribution is -2.57. The van der Waals surface area contributed by atoms with Gasteiger partial charge < -0.3 is 14.8 Å². The maximum atomic E-state index is 13.2. The maximum absolute atomic E-state index is 13.2. The van der Waals surface area contributed by atoms with Gasteiger partial charge in [-0.15, -0.1) is 0 Å². The van der Waals surface area contributed by atoms with Crippen LogP contribution >= 0.6 is 0 Å². The van der Waals surface area contributed by atoms with Crippen LogP contribution in [0.25, 0.3) is 0 Å². The number of benzene rings is 1. The number of carbonyl (C=O) groups excluding carboxylic acids is 1. The average Bonchev–Trinajstić information content (AvgIpc) is 3.18. The average molecular weight is 432 g/mol. The number of piperidine rings is 1. The monoisotopic (exact) mass is 432 g/mol. The lowest BCUT2D eigenvalue weighted by molar-refractivity contribution is -0.183. The van der Waals surface area contributed by atoms with Crippen molar-refractivity contribution in [3.05, 3.63) is 53.1 Å². The van der Waals surface area contributed by atoms with Crippen LogP contribution in [0.1, 0.15) is 59.5 Å². The third-order valence-corrected chi connectivity index (χ3v) is 7.29. The normalized spacial score (nSPS) is 25.2. The van der Waals surface area contributed by atoms with Gasteiger partial charge in [0.15, 0.2) is 0 Å². The number of alkyl halides is 3. The highest BCUT2D eigenvalue weighted by atomic mass is 19.4. The van der Waals surface area contributed by atoms with Crippen molar-refractivity contribution in [1.82, 2.24) is 19.8 Å². The Labute approximate surface area is 179 Å². The zero-order chi connectivity index (χ0) is 21.8. The molecule has 1 fully saturated rings. The molecular weight excluding hydrogens is 405 g/mol. The summed E-state index contributed by atoms with van der Waals surface area (Å²) in [6.07, 6.45) is -0.0209. The van der Waals surface area contributed by atoms with Gasteiger partial charge in [0.1, 0.15) is 11.5 Å². The fraction of sp³-hybridized carbons (Fsp3) is 0.565. The van der Waals surface area contributed by atoms with Crippen molar-refractivity contribution in [2.75, 3.05) is 13.1 Å². The van der Waals surface area contributed by atoms with Crippen molar-refractivity contribution in [3.63, 3.8) is 0 Å². The molecular formula is C23H27F3N4O. The molecule has 166 valence electrons. The third kappa shape index (κ3) is 3.75. The van der Waals surface area contributed by atoms with Crippen LogP contribution in [-0.2, 0) is 19.5 Å². The van der Waals surface area contributed by atoms with Crippen LogP contribution in [0.4, 0.5) is 13.2 Å². The van der Waals surface area contributed by atoms with Gasteiger partial charge in [0.05, 0.1) is 5.92 Å². The third-order valence-electron chi connectivity index (χ3n) is 7.29. The molecule has 31 heavy (non-hydrogen) atoms. The highest BCUT2D eigenvalue weighted by molar-refractivity contribution is 5.92. The number of amides is 1. The predicted octanol–water partition coefficient (Wildman–Crippen LogP) is 3.89. The molecule has 2 aromatic rings. The number of imidazole rings is 1. The number of rotatable bonds is 1. The Morgan fingerprint density at radius 3 is 2.61 bits per heavy atom. The van der Waals surface area contributed by atoms with E-state index < -0.39 is 12.1 Å².